The van der Waals surface area contributed by atoms with Crippen LogP contribution in [-0.4, -0.2) is 11.1 Å². The third-order valence-electron chi connectivity index (χ3n) is 2.36. The second kappa shape index (κ2) is 4.01. The van der Waals surface area contributed by atoms with Gasteiger partial charge in [0.05, 0.1) is 5.92 Å². The summed E-state index contributed by atoms with van der Waals surface area (Å²) in [6, 6.07) is 2.38. The van der Waals surface area contributed by atoms with E-state index in [0.717, 1.165) is 25.7 Å². The first-order valence-corrected chi connectivity index (χ1v) is 4.18. The van der Waals surface area contributed by atoms with Crippen molar-refractivity contribution >= 4 is 5.97 Å². The molecule has 0 amide bonds. The van der Waals surface area contributed by atoms with E-state index in [1.165, 1.54) is 0 Å². The van der Waals surface area contributed by atoms with Gasteiger partial charge < -0.3 is 10.8 Å². The number of hydrogen-bond donors (Lipinski definition) is 2. The maximum Gasteiger partial charge on any atom is 0.306 e. The van der Waals surface area contributed by atoms with E-state index in [1.807, 2.05) is 0 Å². The Bertz CT molecular complexity index is 218. The van der Waals surface area contributed by atoms with Crippen molar-refractivity contribution in [2.75, 3.05) is 0 Å². The summed E-state index contributed by atoms with van der Waals surface area (Å²) >= 11 is 0. The van der Waals surface area contributed by atoms with Gasteiger partial charge in [0.25, 0.3) is 0 Å². The smallest absolute Gasteiger partial charge is 0.306 e. The highest BCUT2D eigenvalue weighted by atomic mass is 16.4. The van der Waals surface area contributed by atoms with Gasteiger partial charge in [-0.1, -0.05) is 5.92 Å². The molecular weight excluding hydrogens is 154 g/mol. The number of carboxylic acids is 1. The van der Waals surface area contributed by atoms with Gasteiger partial charge in [-0.15, -0.1) is 0 Å². The monoisotopic (exact) mass is 167 g/mol. The van der Waals surface area contributed by atoms with Crippen molar-refractivity contribution in [3.05, 3.63) is 0 Å². The maximum atomic E-state index is 10.6. The summed E-state index contributed by atoms with van der Waals surface area (Å²) in [6.07, 6.45) is 3.24. The van der Waals surface area contributed by atoms with Crippen molar-refractivity contribution in [2.45, 2.75) is 25.7 Å². The fourth-order valence-electron chi connectivity index (χ4n) is 1.60. The Labute approximate surface area is 71.9 Å². The van der Waals surface area contributed by atoms with Gasteiger partial charge in [0.15, 0.2) is 0 Å². The van der Waals surface area contributed by atoms with E-state index in [4.69, 9.17) is 10.8 Å². The Morgan fingerprint density at radius 3 is 2.33 bits per heavy atom. The molecule has 0 spiro atoms. The number of rotatable bonds is 1. The van der Waals surface area contributed by atoms with Gasteiger partial charge in [-0.2, -0.15) is 0 Å². The normalized spacial score (nSPS) is 28.7. The minimum absolute atomic E-state index is 0.152. The van der Waals surface area contributed by atoms with Crippen LogP contribution in [-0.2, 0) is 4.79 Å². The number of hydrogen-bond acceptors (Lipinski definition) is 2. The van der Waals surface area contributed by atoms with Gasteiger partial charge in [-0.05, 0) is 25.7 Å². The number of carbonyl (C=O) groups is 1. The lowest BCUT2D eigenvalue weighted by Crippen LogP contribution is -2.20. The van der Waals surface area contributed by atoms with Gasteiger partial charge in [0, 0.05) is 12.0 Å². The second-order valence-electron chi connectivity index (χ2n) is 3.18. The molecule has 0 aliphatic heterocycles. The second-order valence-corrected chi connectivity index (χ2v) is 3.18. The van der Waals surface area contributed by atoms with Gasteiger partial charge in [0.1, 0.15) is 0 Å². The van der Waals surface area contributed by atoms with Crippen molar-refractivity contribution in [1.82, 2.24) is 0 Å². The van der Waals surface area contributed by atoms with Crippen LogP contribution in [0.5, 0.6) is 0 Å². The predicted molar refractivity (Wildman–Crippen MR) is 45.0 cm³/mol. The Morgan fingerprint density at radius 1 is 1.33 bits per heavy atom. The van der Waals surface area contributed by atoms with Crippen molar-refractivity contribution in [3.8, 4) is 12.0 Å². The summed E-state index contributed by atoms with van der Waals surface area (Å²) in [5.74, 6) is 2.38. The van der Waals surface area contributed by atoms with E-state index in [0.29, 0.717) is 5.92 Å². The van der Waals surface area contributed by atoms with E-state index >= 15 is 0 Å². The lowest BCUT2D eigenvalue weighted by Gasteiger charge is -2.21. The van der Waals surface area contributed by atoms with Gasteiger partial charge in [-0.25, -0.2) is 0 Å². The Morgan fingerprint density at radius 2 is 1.92 bits per heavy atom. The molecule has 3 heteroatoms. The molecular formula is C9H13NO2. The van der Waals surface area contributed by atoms with Crippen LogP contribution in [0.3, 0.4) is 0 Å². The molecule has 0 aromatic rings. The molecule has 0 unspecified atom stereocenters. The minimum atomic E-state index is -0.672. The SMILES string of the molecule is NC#CC1CCC(C(=O)O)CC1. The zero-order valence-electron chi connectivity index (χ0n) is 6.92. The highest BCUT2D eigenvalue weighted by Crippen LogP contribution is 2.28. The molecule has 0 aromatic heterocycles. The number of nitrogens with two attached hydrogens (primary N) is 1. The van der Waals surface area contributed by atoms with Crippen LogP contribution in [0, 0.1) is 23.8 Å². The summed E-state index contributed by atoms with van der Waals surface area (Å²) in [5.41, 5.74) is 5.08. The molecule has 1 fully saturated rings. The summed E-state index contributed by atoms with van der Waals surface area (Å²) < 4.78 is 0. The van der Waals surface area contributed by atoms with Crippen molar-refractivity contribution in [1.29, 1.82) is 0 Å². The van der Waals surface area contributed by atoms with E-state index in [1.54, 1.807) is 0 Å². The van der Waals surface area contributed by atoms with Crippen LogP contribution in [0.1, 0.15) is 25.7 Å². The van der Waals surface area contributed by atoms with Gasteiger partial charge in [0.2, 0.25) is 0 Å². The average Bonchev–Trinajstić information content (AvgIpc) is 2.06. The lowest BCUT2D eigenvalue weighted by molar-refractivity contribution is -0.142. The van der Waals surface area contributed by atoms with E-state index in [2.05, 4.69) is 12.0 Å². The van der Waals surface area contributed by atoms with Crippen molar-refractivity contribution in [2.24, 2.45) is 17.6 Å². The molecule has 0 atom stereocenters. The zero-order chi connectivity index (χ0) is 8.97. The molecule has 0 radical (unpaired) electrons. The number of carboxylic acid groups (broad SMARTS) is 1. The predicted octanol–water partition coefficient (Wildman–Crippen LogP) is 0.797. The van der Waals surface area contributed by atoms with Crippen molar-refractivity contribution < 1.29 is 9.90 Å². The van der Waals surface area contributed by atoms with Crippen LogP contribution < -0.4 is 5.73 Å². The topological polar surface area (TPSA) is 63.3 Å². The first-order chi connectivity index (χ1) is 5.74. The molecule has 12 heavy (non-hydrogen) atoms. The molecule has 1 aliphatic carbocycles. The summed E-state index contributed by atoms with van der Waals surface area (Å²) in [6.45, 7) is 0. The fraction of sp³-hybridized carbons (Fsp3) is 0.667. The molecule has 1 aliphatic rings. The quantitative estimate of drug-likeness (QED) is 0.448. The van der Waals surface area contributed by atoms with E-state index in [-0.39, 0.29) is 5.92 Å². The lowest BCUT2D eigenvalue weighted by atomic mass is 9.82. The zero-order valence-corrected chi connectivity index (χ0v) is 6.92. The summed E-state index contributed by atoms with van der Waals surface area (Å²) in [5, 5.41) is 8.69. The summed E-state index contributed by atoms with van der Waals surface area (Å²) in [4.78, 5) is 10.6. The first-order valence-electron chi connectivity index (χ1n) is 4.18. The third-order valence-corrected chi connectivity index (χ3v) is 2.36. The third kappa shape index (κ3) is 2.16. The van der Waals surface area contributed by atoms with Crippen LogP contribution in [0.4, 0.5) is 0 Å². The largest absolute Gasteiger partial charge is 0.481 e. The summed E-state index contributed by atoms with van der Waals surface area (Å²) in [7, 11) is 0. The molecule has 1 saturated carbocycles. The minimum Gasteiger partial charge on any atom is -0.481 e. The van der Waals surface area contributed by atoms with Gasteiger partial charge >= 0.3 is 5.97 Å². The van der Waals surface area contributed by atoms with Crippen LogP contribution in [0.15, 0.2) is 0 Å². The molecule has 3 N–H and O–H groups in total. The first kappa shape index (κ1) is 8.92. The molecule has 1 rings (SSSR count). The van der Waals surface area contributed by atoms with Crippen LogP contribution in [0.2, 0.25) is 0 Å². The van der Waals surface area contributed by atoms with Crippen LogP contribution >= 0.6 is 0 Å². The van der Waals surface area contributed by atoms with Crippen LogP contribution in [0.25, 0.3) is 0 Å². The fourth-order valence-corrected chi connectivity index (χ4v) is 1.60. The Balaban J connectivity index is 2.37. The average molecular weight is 167 g/mol. The standard InChI is InChI=1S/C9H13NO2/c10-6-5-7-1-3-8(4-2-7)9(11)12/h7-8H,1-4,10H2,(H,11,12). The molecule has 3 nitrogen and oxygen atoms in total. The molecule has 0 saturated heterocycles. The maximum absolute atomic E-state index is 10.6. The number of aliphatic carboxylic acids is 1. The highest BCUT2D eigenvalue weighted by molar-refractivity contribution is 5.70. The van der Waals surface area contributed by atoms with E-state index in [9.17, 15) is 4.79 Å². The Hall–Kier alpha value is -1.17. The molecule has 66 valence electrons. The highest BCUT2D eigenvalue weighted by Gasteiger charge is 2.24. The molecule has 0 bridgehead atoms. The Kier molecular flexibility index (Phi) is 2.98. The molecule has 0 aromatic carbocycles. The van der Waals surface area contributed by atoms with E-state index < -0.39 is 5.97 Å². The van der Waals surface area contributed by atoms with Crippen molar-refractivity contribution in [3.63, 3.8) is 0 Å². The van der Waals surface area contributed by atoms with Gasteiger partial charge in [-0.3, -0.25) is 4.79 Å². The molecule has 0 heterocycles.